The van der Waals surface area contributed by atoms with Gasteiger partial charge in [-0.3, -0.25) is 14.4 Å². The van der Waals surface area contributed by atoms with Gasteiger partial charge in [0.1, 0.15) is 13.2 Å². The number of hydrogen-bond donors (Lipinski definition) is 0. The fourth-order valence-corrected chi connectivity index (χ4v) is 6.78. The summed E-state index contributed by atoms with van der Waals surface area (Å²) in [5.74, 6) is -1.05. The van der Waals surface area contributed by atoms with E-state index in [1.807, 2.05) is 0 Å². The van der Waals surface area contributed by atoms with Gasteiger partial charge < -0.3 is 14.2 Å². The lowest BCUT2D eigenvalue weighted by Crippen LogP contribution is -2.30. The molecule has 0 amide bonds. The van der Waals surface area contributed by atoms with Gasteiger partial charge in [-0.15, -0.1) is 0 Å². The molecule has 0 N–H and O–H groups in total. The highest BCUT2D eigenvalue weighted by Gasteiger charge is 2.19. The first-order valence-electron chi connectivity index (χ1n) is 26.4. The van der Waals surface area contributed by atoms with Crippen molar-refractivity contribution in [1.29, 1.82) is 0 Å². The highest BCUT2D eigenvalue weighted by atomic mass is 16.6. The summed E-state index contributed by atoms with van der Waals surface area (Å²) in [6.45, 7) is 6.39. The molecule has 6 nitrogen and oxygen atoms in total. The molecule has 0 saturated heterocycles. The van der Waals surface area contributed by atoms with Crippen LogP contribution in [0.1, 0.15) is 226 Å². The minimum Gasteiger partial charge on any atom is -0.462 e. The molecule has 0 bridgehead atoms. The summed E-state index contributed by atoms with van der Waals surface area (Å²) in [5.41, 5.74) is 0. The van der Waals surface area contributed by atoms with E-state index in [4.69, 9.17) is 14.2 Å². The molecule has 0 aliphatic carbocycles. The topological polar surface area (TPSA) is 78.9 Å². The number of rotatable bonds is 46. The van der Waals surface area contributed by atoms with Gasteiger partial charge in [-0.1, -0.05) is 201 Å². The van der Waals surface area contributed by atoms with Gasteiger partial charge >= 0.3 is 17.9 Å². The average molecular weight is 901 g/mol. The lowest BCUT2D eigenvalue weighted by molar-refractivity contribution is -0.167. The van der Waals surface area contributed by atoms with Crippen molar-refractivity contribution in [1.82, 2.24) is 0 Å². The van der Waals surface area contributed by atoms with Crippen molar-refractivity contribution >= 4 is 17.9 Å². The minimum absolute atomic E-state index is 0.122. The predicted octanol–water partition coefficient (Wildman–Crippen LogP) is 17.5. The van der Waals surface area contributed by atoms with Gasteiger partial charge in [0.25, 0.3) is 0 Å². The lowest BCUT2D eigenvalue weighted by Gasteiger charge is -2.18. The molecule has 0 rings (SSSR count). The number of carbonyl (C=O) groups is 3. The van der Waals surface area contributed by atoms with E-state index in [1.165, 1.54) is 83.5 Å². The maximum Gasteiger partial charge on any atom is 0.306 e. The maximum atomic E-state index is 12.8. The van der Waals surface area contributed by atoms with Crippen molar-refractivity contribution in [2.75, 3.05) is 13.2 Å². The van der Waals surface area contributed by atoms with Crippen molar-refractivity contribution in [3.63, 3.8) is 0 Å². The van der Waals surface area contributed by atoms with Crippen LogP contribution in [-0.2, 0) is 28.6 Å². The molecular formula is C59H96O6. The Labute approximate surface area is 400 Å². The Bertz CT molecular complexity index is 1360. The van der Waals surface area contributed by atoms with Crippen LogP contribution in [0.15, 0.2) is 109 Å². The van der Waals surface area contributed by atoms with Crippen LogP contribution in [0, 0.1) is 0 Å². The molecule has 0 heterocycles. The molecule has 0 aliphatic heterocycles. The van der Waals surface area contributed by atoms with Crippen LogP contribution in [0.5, 0.6) is 0 Å². The van der Waals surface area contributed by atoms with E-state index in [9.17, 15) is 14.4 Å². The summed E-state index contributed by atoms with van der Waals surface area (Å²) in [7, 11) is 0. The molecule has 0 aromatic rings. The van der Waals surface area contributed by atoms with E-state index in [0.29, 0.717) is 19.3 Å². The molecule has 0 spiro atoms. The minimum atomic E-state index is -0.833. The van der Waals surface area contributed by atoms with Crippen LogP contribution in [0.4, 0.5) is 0 Å². The van der Waals surface area contributed by atoms with Gasteiger partial charge in [0, 0.05) is 19.3 Å². The Kier molecular flexibility index (Phi) is 49.5. The summed E-state index contributed by atoms with van der Waals surface area (Å²) in [4.78, 5) is 38.0. The average Bonchev–Trinajstić information content (AvgIpc) is 3.30. The van der Waals surface area contributed by atoms with Crippen LogP contribution >= 0.6 is 0 Å². The molecular weight excluding hydrogens is 805 g/mol. The van der Waals surface area contributed by atoms with Crippen molar-refractivity contribution in [3.05, 3.63) is 109 Å². The molecule has 0 aromatic heterocycles. The number of unbranched alkanes of at least 4 members (excludes halogenated alkanes) is 17. The fourth-order valence-electron chi connectivity index (χ4n) is 6.78. The van der Waals surface area contributed by atoms with E-state index in [2.05, 4.69) is 130 Å². The van der Waals surface area contributed by atoms with E-state index in [1.54, 1.807) is 0 Å². The van der Waals surface area contributed by atoms with Crippen molar-refractivity contribution in [2.45, 2.75) is 232 Å². The second-order valence-electron chi connectivity index (χ2n) is 17.0. The third-order valence-electron chi connectivity index (χ3n) is 10.7. The highest BCUT2D eigenvalue weighted by Crippen LogP contribution is 2.12. The Morgan fingerprint density at radius 1 is 0.323 bits per heavy atom. The second-order valence-corrected chi connectivity index (χ2v) is 17.0. The number of ether oxygens (including phenoxy) is 3. The molecule has 6 heteroatoms. The Balaban J connectivity index is 4.58. The third-order valence-corrected chi connectivity index (χ3v) is 10.7. The summed E-state index contributed by atoms with van der Waals surface area (Å²) >= 11 is 0. The first-order valence-corrected chi connectivity index (χ1v) is 26.4. The molecule has 368 valence electrons. The zero-order valence-electron chi connectivity index (χ0n) is 42.0. The van der Waals surface area contributed by atoms with E-state index < -0.39 is 6.10 Å². The maximum absolute atomic E-state index is 12.8. The van der Waals surface area contributed by atoms with Crippen LogP contribution in [0.25, 0.3) is 0 Å². The van der Waals surface area contributed by atoms with Crippen molar-refractivity contribution in [2.24, 2.45) is 0 Å². The van der Waals surface area contributed by atoms with E-state index in [-0.39, 0.29) is 44.0 Å². The molecule has 65 heavy (non-hydrogen) atoms. The Hall–Kier alpha value is -3.93. The van der Waals surface area contributed by atoms with Gasteiger partial charge in [-0.05, 0) is 116 Å². The van der Waals surface area contributed by atoms with Gasteiger partial charge in [0.15, 0.2) is 6.10 Å². The van der Waals surface area contributed by atoms with Gasteiger partial charge in [-0.2, -0.15) is 0 Å². The van der Waals surface area contributed by atoms with E-state index >= 15 is 0 Å². The summed E-state index contributed by atoms with van der Waals surface area (Å²) < 4.78 is 16.7. The first-order chi connectivity index (χ1) is 32.0. The number of hydrogen-bond acceptors (Lipinski definition) is 6. The zero-order chi connectivity index (χ0) is 47.2. The summed E-state index contributed by atoms with van der Waals surface area (Å²) in [6, 6.07) is 0. The van der Waals surface area contributed by atoms with Gasteiger partial charge in [0.2, 0.25) is 0 Å². The van der Waals surface area contributed by atoms with Gasteiger partial charge in [-0.25, -0.2) is 0 Å². The van der Waals surface area contributed by atoms with Crippen LogP contribution in [0.2, 0.25) is 0 Å². The molecule has 1 atom stereocenters. The smallest absolute Gasteiger partial charge is 0.306 e. The second kappa shape index (κ2) is 52.7. The molecule has 0 aliphatic rings. The Morgan fingerprint density at radius 2 is 0.615 bits per heavy atom. The zero-order valence-corrected chi connectivity index (χ0v) is 42.0. The van der Waals surface area contributed by atoms with Crippen molar-refractivity contribution in [3.8, 4) is 0 Å². The lowest BCUT2D eigenvalue weighted by atomic mass is 10.1. The largest absolute Gasteiger partial charge is 0.462 e. The molecule has 0 unspecified atom stereocenters. The highest BCUT2D eigenvalue weighted by molar-refractivity contribution is 5.71. The third kappa shape index (κ3) is 50.9. The summed E-state index contributed by atoms with van der Waals surface area (Å²) in [5, 5.41) is 0. The van der Waals surface area contributed by atoms with Crippen LogP contribution in [0.3, 0.4) is 0 Å². The molecule has 0 fully saturated rings. The molecule has 0 aromatic carbocycles. The Morgan fingerprint density at radius 3 is 1.03 bits per heavy atom. The SMILES string of the molecule is CC/C=C\C/C=C\C/C=C\C/C=C\C/C=C\CCCC(=O)O[C@H](COC(=O)CCC/C=C\C/C=C\C/C=C\CCCCCCCC)COC(=O)CCCCCCC/C=C\CCCCCC. The van der Waals surface area contributed by atoms with Gasteiger partial charge in [0.05, 0.1) is 0 Å². The quantitative estimate of drug-likeness (QED) is 0.0262. The molecule has 0 saturated carbocycles. The normalized spacial score (nSPS) is 13.0. The van der Waals surface area contributed by atoms with Crippen LogP contribution < -0.4 is 0 Å². The number of allylic oxidation sites excluding steroid dienone is 18. The molecule has 0 radical (unpaired) electrons. The number of carbonyl (C=O) groups excluding carboxylic acids is 3. The standard InChI is InChI=1S/C59H96O6/c1-4-7-10-13-16-19-22-25-27-29-31-34-37-40-43-46-49-52-58(61)64-55-56(54-63-57(60)51-48-45-42-39-36-33-24-21-18-15-12-9-6-3)65-59(62)53-50-47-44-41-38-35-32-30-28-26-23-20-17-14-11-8-5-2/h8,11,17,20-21,24-28,31-32,34-35,40-41,43-44,56H,4-7,9-10,12-16,18-19,22-23,29-30,33,36-39,42,45-55H2,1-3H3/b11-8-,20-17-,24-21-,27-25-,28-26-,34-31-,35-32-,43-40-,44-41-/t56-/m0/s1. The van der Waals surface area contributed by atoms with E-state index in [0.717, 1.165) is 89.9 Å². The predicted molar refractivity (Wildman–Crippen MR) is 279 cm³/mol. The number of esters is 3. The first kappa shape index (κ1) is 61.1. The van der Waals surface area contributed by atoms with Crippen molar-refractivity contribution < 1.29 is 28.6 Å². The van der Waals surface area contributed by atoms with Crippen LogP contribution in [-0.4, -0.2) is 37.2 Å². The fraction of sp³-hybridized carbons (Fsp3) is 0.644. The summed E-state index contributed by atoms with van der Waals surface area (Å²) in [6.07, 6.45) is 70.8. The monoisotopic (exact) mass is 901 g/mol.